The minimum absolute atomic E-state index is 0.298. The van der Waals surface area contributed by atoms with Gasteiger partial charge in [-0.3, -0.25) is 0 Å². The fraction of sp³-hybridized carbons (Fsp3) is 0.444. The lowest BCUT2D eigenvalue weighted by atomic mass is 10.0. The molecule has 0 aliphatic carbocycles. The fourth-order valence-electron chi connectivity index (χ4n) is 2.97. The van der Waals surface area contributed by atoms with Gasteiger partial charge in [0, 0.05) is 4.90 Å². The molecule has 30 heavy (non-hydrogen) atoms. The third-order valence-corrected chi connectivity index (χ3v) is 5.31. The van der Waals surface area contributed by atoms with E-state index in [1.165, 1.54) is 22.3 Å². The van der Waals surface area contributed by atoms with Crippen molar-refractivity contribution in [1.29, 1.82) is 0 Å². The van der Waals surface area contributed by atoms with Crippen LogP contribution in [0, 0.1) is 0 Å². The molecule has 164 valence electrons. The summed E-state index contributed by atoms with van der Waals surface area (Å²) in [6, 6.07) is 7.18. The van der Waals surface area contributed by atoms with E-state index in [0.717, 1.165) is 38.5 Å². The number of hydrogen-bond acceptors (Lipinski definition) is 3. The van der Waals surface area contributed by atoms with Crippen molar-refractivity contribution in [3.63, 3.8) is 0 Å². The summed E-state index contributed by atoms with van der Waals surface area (Å²) in [7, 11) is 0. The molecule has 1 rings (SSSR count). The molecule has 0 fully saturated rings. The van der Waals surface area contributed by atoms with Gasteiger partial charge in [0.2, 0.25) is 0 Å². The van der Waals surface area contributed by atoms with Crippen LogP contribution >= 0.6 is 12.6 Å². The summed E-state index contributed by atoms with van der Waals surface area (Å²) in [6.07, 6.45) is 15.5. The van der Waals surface area contributed by atoms with Crippen molar-refractivity contribution in [3.8, 4) is 0 Å². The van der Waals surface area contributed by atoms with Gasteiger partial charge in [0.25, 0.3) is 0 Å². The zero-order valence-electron chi connectivity index (χ0n) is 19.3. The van der Waals surface area contributed by atoms with Crippen LogP contribution in [0.5, 0.6) is 0 Å². The van der Waals surface area contributed by atoms with Crippen LogP contribution in [0.25, 0.3) is 0 Å². The molecule has 0 atom stereocenters. The van der Waals surface area contributed by atoms with E-state index >= 15 is 0 Å². The molecule has 1 aromatic carbocycles. The van der Waals surface area contributed by atoms with Crippen molar-refractivity contribution < 1.29 is 9.53 Å². The molecule has 0 spiro atoms. The van der Waals surface area contributed by atoms with E-state index in [1.807, 2.05) is 18.2 Å². The van der Waals surface area contributed by atoms with E-state index in [4.69, 9.17) is 4.74 Å². The van der Waals surface area contributed by atoms with Gasteiger partial charge in [0.05, 0.1) is 5.56 Å². The highest BCUT2D eigenvalue weighted by Crippen LogP contribution is 2.15. The maximum Gasteiger partial charge on any atom is 0.339 e. The van der Waals surface area contributed by atoms with Crippen LogP contribution in [0.1, 0.15) is 83.5 Å². The molecule has 0 N–H and O–H groups in total. The first-order valence-corrected chi connectivity index (χ1v) is 11.3. The Morgan fingerprint density at radius 2 is 1.30 bits per heavy atom. The molecule has 0 amide bonds. The van der Waals surface area contributed by atoms with Gasteiger partial charge < -0.3 is 4.74 Å². The first-order chi connectivity index (χ1) is 14.3. The van der Waals surface area contributed by atoms with Crippen molar-refractivity contribution in [2.75, 3.05) is 6.61 Å². The van der Waals surface area contributed by atoms with Gasteiger partial charge in [-0.05, 0) is 91.4 Å². The van der Waals surface area contributed by atoms with Crippen LogP contribution in [0.3, 0.4) is 0 Å². The maximum absolute atomic E-state index is 12.1. The number of thiol groups is 1. The summed E-state index contributed by atoms with van der Waals surface area (Å²) < 4.78 is 5.33. The molecule has 0 unspecified atom stereocenters. The highest BCUT2D eigenvalue weighted by molar-refractivity contribution is 7.80. The maximum atomic E-state index is 12.1. The Labute approximate surface area is 189 Å². The minimum Gasteiger partial charge on any atom is -0.458 e. The first-order valence-electron chi connectivity index (χ1n) is 10.8. The second-order valence-corrected chi connectivity index (χ2v) is 8.65. The van der Waals surface area contributed by atoms with Crippen LogP contribution in [-0.4, -0.2) is 12.6 Å². The van der Waals surface area contributed by atoms with E-state index in [-0.39, 0.29) is 5.97 Å². The smallest absolute Gasteiger partial charge is 0.339 e. The number of hydrogen-bond donors (Lipinski definition) is 1. The molecule has 0 aliphatic rings. The predicted molar refractivity (Wildman–Crippen MR) is 132 cm³/mol. The lowest BCUT2D eigenvalue weighted by molar-refractivity contribution is 0.0545. The average molecular weight is 427 g/mol. The molecule has 0 heterocycles. The lowest BCUT2D eigenvalue weighted by Crippen LogP contribution is -2.06. The van der Waals surface area contributed by atoms with Gasteiger partial charge in [-0.15, -0.1) is 12.6 Å². The molecular formula is C27H38O2S. The summed E-state index contributed by atoms with van der Waals surface area (Å²) in [5, 5.41) is 0. The third-order valence-electron chi connectivity index (χ3n) is 4.92. The van der Waals surface area contributed by atoms with Gasteiger partial charge in [0.15, 0.2) is 0 Å². The number of carbonyl (C=O) groups excluding carboxylic acids is 1. The van der Waals surface area contributed by atoms with Crippen LogP contribution in [0.15, 0.2) is 75.8 Å². The van der Waals surface area contributed by atoms with Gasteiger partial charge in [-0.25, -0.2) is 4.79 Å². The molecule has 0 aromatic heterocycles. The summed E-state index contributed by atoms with van der Waals surface area (Å²) in [4.78, 5) is 12.7. The number of ether oxygens (including phenoxy) is 1. The monoisotopic (exact) mass is 426 g/mol. The van der Waals surface area contributed by atoms with Crippen LogP contribution in [0.2, 0.25) is 0 Å². The Morgan fingerprint density at radius 3 is 1.83 bits per heavy atom. The standard InChI is InChI=1S/C27H38O2S/c1-21(2)11-8-12-22(3)13-9-14-23(4)15-10-16-24(5)19-20-29-27(28)25-17-6-7-18-26(25)30/h6-7,11,13,15,17-19,30H,8-10,12,14,16,20H2,1-5H3/b22-13+,23-15+,24-19+. The molecule has 0 saturated carbocycles. The predicted octanol–water partition coefficient (Wildman–Crippen LogP) is 8.28. The number of allylic oxidation sites excluding steroid dienone is 7. The Bertz CT molecular complexity index is 793. The van der Waals surface area contributed by atoms with Crippen molar-refractivity contribution in [3.05, 3.63) is 76.4 Å². The first kappa shape index (κ1) is 26.0. The van der Waals surface area contributed by atoms with E-state index in [0.29, 0.717) is 17.1 Å². The van der Waals surface area contributed by atoms with Crippen molar-refractivity contribution in [2.45, 2.75) is 78.0 Å². The number of rotatable bonds is 12. The number of carbonyl (C=O) groups is 1. The highest BCUT2D eigenvalue weighted by atomic mass is 32.1. The molecule has 0 saturated heterocycles. The van der Waals surface area contributed by atoms with E-state index in [9.17, 15) is 4.79 Å². The Kier molecular flexibility index (Phi) is 12.9. The second kappa shape index (κ2) is 14.9. The third kappa shape index (κ3) is 11.9. The van der Waals surface area contributed by atoms with Crippen LogP contribution < -0.4 is 0 Å². The molecule has 1 aromatic rings. The van der Waals surface area contributed by atoms with Crippen LogP contribution in [0.4, 0.5) is 0 Å². The van der Waals surface area contributed by atoms with Gasteiger partial charge in [-0.2, -0.15) is 0 Å². The normalized spacial score (nSPS) is 12.7. The second-order valence-electron chi connectivity index (χ2n) is 8.16. The summed E-state index contributed by atoms with van der Waals surface area (Å²) in [5.74, 6) is -0.329. The SMILES string of the molecule is CC(C)=CCC/C(C)=C/CC/C(C)=C/CC/C(C)=C/COC(=O)c1ccccc1S. The van der Waals surface area contributed by atoms with Gasteiger partial charge in [0.1, 0.15) is 6.61 Å². The average Bonchev–Trinajstić information content (AvgIpc) is 2.68. The summed E-state index contributed by atoms with van der Waals surface area (Å²) >= 11 is 4.29. The molecule has 3 heteroatoms. The number of benzene rings is 1. The quantitative estimate of drug-likeness (QED) is 0.207. The zero-order valence-corrected chi connectivity index (χ0v) is 20.2. The topological polar surface area (TPSA) is 26.3 Å². The molecule has 0 radical (unpaired) electrons. The molecule has 2 nitrogen and oxygen atoms in total. The van der Waals surface area contributed by atoms with Crippen molar-refractivity contribution >= 4 is 18.6 Å². The van der Waals surface area contributed by atoms with Crippen molar-refractivity contribution in [2.24, 2.45) is 0 Å². The van der Waals surface area contributed by atoms with E-state index in [2.05, 4.69) is 65.5 Å². The van der Waals surface area contributed by atoms with Crippen molar-refractivity contribution in [1.82, 2.24) is 0 Å². The highest BCUT2D eigenvalue weighted by Gasteiger charge is 2.09. The largest absolute Gasteiger partial charge is 0.458 e. The van der Waals surface area contributed by atoms with Crippen LogP contribution in [-0.2, 0) is 4.74 Å². The molecule has 0 aliphatic heterocycles. The minimum atomic E-state index is -0.329. The molecular weight excluding hydrogens is 388 g/mol. The zero-order chi connectivity index (χ0) is 22.4. The fourth-order valence-corrected chi connectivity index (χ4v) is 3.22. The van der Waals surface area contributed by atoms with E-state index < -0.39 is 0 Å². The number of esters is 1. The summed E-state index contributed by atoms with van der Waals surface area (Å²) in [6.45, 7) is 11.1. The van der Waals surface area contributed by atoms with E-state index in [1.54, 1.807) is 12.1 Å². The Balaban J connectivity index is 2.29. The molecule has 0 bridgehead atoms. The Morgan fingerprint density at radius 1 is 0.800 bits per heavy atom. The van der Waals surface area contributed by atoms with Gasteiger partial charge >= 0.3 is 5.97 Å². The summed E-state index contributed by atoms with van der Waals surface area (Å²) in [5.41, 5.74) is 6.06. The lowest BCUT2D eigenvalue weighted by Gasteiger charge is -2.05. The Hall–Kier alpha value is -2.00. The van der Waals surface area contributed by atoms with Gasteiger partial charge in [-0.1, -0.05) is 52.7 Å².